The second-order valence-electron chi connectivity index (χ2n) is 2.77. The van der Waals surface area contributed by atoms with Gasteiger partial charge in [-0.05, 0) is 6.92 Å². The molecule has 0 aliphatic carbocycles. The number of hydrogen-bond acceptors (Lipinski definition) is 1. The number of aryl methyl sites for hydroxylation is 1. The monoisotopic (exact) mass is 191 g/mol. The summed E-state index contributed by atoms with van der Waals surface area (Å²) in [5, 5.41) is 0. The number of hydrogen-bond donors (Lipinski definition) is 0. The topological polar surface area (TPSA) is 22.0 Å². The number of carbonyl (C=O) groups is 1. The Morgan fingerprint density at radius 2 is 2.00 bits per heavy atom. The number of rotatable bonds is 1. The number of aldehydes is 1. The van der Waals surface area contributed by atoms with E-state index in [1.54, 1.807) is 0 Å². The Labute approximate surface area is 73.0 Å². The van der Waals surface area contributed by atoms with E-state index >= 15 is 0 Å². The normalized spacial score (nSPS) is 11.8. The predicted octanol–water partition coefficient (Wildman–Crippen LogP) is 2.16. The summed E-state index contributed by atoms with van der Waals surface area (Å²) in [4.78, 5) is 10.3. The highest BCUT2D eigenvalue weighted by molar-refractivity contribution is 5.78. The van der Waals surface area contributed by atoms with Gasteiger partial charge in [0.05, 0.1) is 5.56 Å². The molecule has 0 fully saturated rings. The minimum atomic E-state index is -4.46. The fourth-order valence-electron chi connectivity index (χ4n) is 1.21. The fraction of sp³-hybridized carbons (Fsp3) is 0.375. The standard InChI is InChI=1S/C8H8F3NO/c1-5-7(8(9,10)11)6(4-13)3-12(5)2/h3-4H,1-2H3. The van der Waals surface area contributed by atoms with Gasteiger partial charge in [-0.15, -0.1) is 0 Å². The number of nitrogens with zero attached hydrogens (tertiary/aromatic N) is 1. The van der Waals surface area contributed by atoms with Gasteiger partial charge in [-0.2, -0.15) is 13.2 Å². The molecule has 1 aromatic rings. The first kappa shape index (κ1) is 9.83. The lowest BCUT2D eigenvalue weighted by molar-refractivity contribution is -0.138. The molecule has 5 heteroatoms. The van der Waals surface area contributed by atoms with E-state index in [1.807, 2.05) is 0 Å². The molecule has 0 bridgehead atoms. The number of alkyl halides is 3. The van der Waals surface area contributed by atoms with E-state index in [0.717, 1.165) is 0 Å². The lowest BCUT2D eigenvalue weighted by Crippen LogP contribution is -2.09. The van der Waals surface area contributed by atoms with Crippen LogP contribution in [0.5, 0.6) is 0 Å². The largest absolute Gasteiger partial charge is 0.418 e. The third-order valence-electron chi connectivity index (χ3n) is 1.92. The van der Waals surface area contributed by atoms with E-state index in [1.165, 1.54) is 24.7 Å². The fourth-order valence-corrected chi connectivity index (χ4v) is 1.21. The summed E-state index contributed by atoms with van der Waals surface area (Å²) < 4.78 is 38.3. The average Bonchev–Trinajstić information content (AvgIpc) is 2.26. The minimum Gasteiger partial charge on any atom is -0.353 e. The van der Waals surface area contributed by atoms with E-state index in [0.29, 0.717) is 0 Å². The van der Waals surface area contributed by atoms with Crippen LogP contribution in [0.2, 0.25) is 0 Å². The molecule has 0 aliphatic heterocycles. The molecule has 0 atom stereocenters. The third-order valence-corrected chi connectivity index (χ3v) is 1.92. The van der Waals surface area contributed by atoms with Gasteiger partial charge in [0.2, 0.25) is 0 Å². The van der Waals surface area contributed by atoms with E-state index < -0.39 is 11.7 Å². The van der Waals surface area contributed by atoms with Crippen LogP contribution in [0.1, 0.15) is 21.6 Å². The van der Waals surface area contributed by atoms with E-state index in [2.05, 4.69) is 0 Å². The molecule has 0 aliphatic rings. The molecule has 0 spiro atoms. The van der Waals surface area contributed by atoms with Crippen molar-refractivity contribution in [2.24, 2.45) is 7.05 Å². The molecule has 0 N–H and O–H groups in total. The summed E-state index contributed by atoms with van der Waals surface area (Å²) in [6, 6.07) is 0. The quantitative estimate of drug-likeness (QED) is 0.623. The van der Waals surface area contributed by atoms with Crippen molar-refractivity contribution >= 4 is 6.29 Å². The molecule has 1 heterocycles. The summed E-state index contributed by atoms with van der Waals surface area (Å²) in [5.74, 6) is 0. The number of aromatic nitrogens is 1. The molecule has 2 nitrogen and oxygen atoms in total. The van der Waals surface area contributed by atoms with Gasteiger partial charge in [0, 0.05) is 24.5 Å². The highest BCUT2D eigenvalue weighted by Crippen LogP contribution is 2.34. The first-order valence-corrected chi connectivity index (χ1v) is 3.56. The molecular formula is C8H8F3NO. The van der Waals surface area contributed by atoms with Crippen molar-refractivity contribution < 1.29 is 18.0 Å². The van der Waals surface area contributed by atoms with Gasteiger partial charge in [-0.1, -0.05) is 0 Å². The summed E-state index contributed by atoms with van der Waals surface area (Å²) >= 11 is 0. The van der Waals surface area contributed by atoms with Crippen molar-refractivity contribution in [2.75, 3.05) is 0 Å². The first-order chi connectivity index (χ1) is 5.88. The van der Waals surface area contributed by atoms with Gasteiger partial charge in [0.25, 0.3) is 0 Å². The molecule has 0 aromatic carbocycles. The van der Waals surface area contributed by atoms with Gasteiger partial charge in [-0.25, -0.2) is 0 Å². The average molecular weight is 191 g/mol. The lowest BCUT2D eigenvalue weighted by atomic mass is 10.1. The van der Waals surface area contributed by atoms with Crippen molar-refractivity contribution in [1.82, 2.24) is 4.57 Å². The maximum Gasteiger partial charge on any atom is 0.418 e. The smallest absolute Gasteiger partial charge is 0.353 e. The zero-order valence-corrected chi connectivity index (χ0v) is 7.14. The molecule has 72 valence electrons. The number of halogens is 3. The van der Waals surface area contributed by atoms with Crippen LogP contribution >= 0.6 is 0 Å². The maximum atomic E-state index is 12.3. The van der Waals surface area contributed by atoms with Crippen LogP contribution in [0.25, 0.3) is 0 Å². The SMILES string of the molecule is Cc1c(C(F)(F)F)c(C=O)cn1C. The van der Waals surface area contributed by atoms with Crippen LogP contribution in [-0.2, 0) is 13.2 Å². The van der Waals surface area contributed by atoms with Crippen LogP contribution in [-0.4, -0.2) is 10.9 Å². The third kappa shape index (κ3) is 1.59. The highest BCUT2D eigenvalue weighted by atomic mass is 19.4. The lowest BCUT2D eigenvalue weighted by Gasteiger charge is -2.06. The van der Waals surface area contributed by atoms with Crippen molar-refractivity contribution in [2.45, 2.75) is 13.1 Å². The van der Waals surface area contributed by atoms with E-state index in [4.69, 9.17) is 0 Å². The first-order valence-electron chi connectivity index (χ1n) is 3.56. The van der Waals surface area contributed by atoms with Gasteiger partial charge in [0.15, 0.2) is 6.29 Å². The summed E-state index contributed by atoms with van der Waals surface area (Å²) in [6.45, 7) is 1.33. The molecule has 0 saturated heterocycles. The zero-order valence-electron chi connectivity index (χ0n) is 7.14. The Morgan fingerprint density at radius 3 is 2.31 bits per heavy atom. The zero-order chi connectivity index (χ0) is 10.2. The predicted molar refractivity (Wildman–Crippen MR) is 40.5 cm³/mol. The van der Waals surface area contributed by atoms with Crippen molar-refractivity contribution in [3.05, 3.63) is 23.0 Å². The summed E-state index contributed by atoms with van der Waals surface area (Å²) in [6.07, 6.45) is -3.07. The Morgan fingerprint density at radius 1 is 1.46 bits per heavy atom. The summed E-state index contributed by atoms with van der Waals surface area (Å²) in [5.41, 5.74) is -1.10. The second-order valence-corrected chi connectivity index (χ2v) is 2.77. The Kier molecular flexibility index (Phi) is 2.19. The van der Waals surface area contributed by atoms with Crippen LogP contribution in [0.4, 0.5) is 13.2 Å². The van der Waals surface area contributed by atoms with E-state index in [9.17, 15) is 18.0 Å². The second kappa shape index (κ2) is 2.90. The van der Waals surface area contributed by atoms with Gasteiger partial charge in [0.1, 0.15) is 0 Å². The minimum absolute atomic E-state index is 0.0506. The van der Waals surface area contributed by atoms with Gasteiger partial charge in [-0.3, -0.25) is 4.79 Å². The molecule has 0 unspecified atom stereocenters. The Balaban J connectivity index is 3.41. The van der Waals surface area contributed by atoms with E-state index in [-0.39, 0.29) is 17.5 Å². The van der Waals surface area contributed by atoms with Crippen LogP contribution in [0.15, 0.2) is 6.20 Å². The van der Waals surface area contributed by atoms with Crippen LogP contribution in [0, 0.1) is 6.92 Å². The van der Waals surface area contributed by atoms with Crippen molar-refractivity contribution in [3.63, 3.8) is 0 Å². The van der Waals surface area contributed by atoms with Gasteiger partial charge < -0.3 is 4.57 Å². The molecule has 0 radical (unpaired) electrons. The molecule has 0 amide bonds. The van der Waals surface area contributed by atoms with Gasteiger partial charge >= 0.3 is 6.18 Å². The van der Waals surface area contributed by atoms with Crippen molar-refractivity contribution in [3.8, 4) is 0 Å². The molecular weight excluding hydrogens is 183 g/mol. The van der Waals surface area contributed by atoms with Crippen LogP contribution in [0.3, 0.4) is 0 Å². The Hall–Kier alpha value is -1.26. The summed E-state index contributed by atoms with van der Waals surface area (Å²) in [7, 11) is 1.47. The highest BCUT2D eigenvalue weighted by Gasteiger charge is 2.36. The number of carbonyl (C=O) groups excluding carboxylic acids is 1. The maximum absolute atomic E-state index is 12.3. The van der Waals surface area contributed by atoms with Crippen molar-refractivity contribution in [1.29, 1.82) is 0 Å². The molecule has 1 aromatic heterocycles. The Bertz CT molecular complexity index is 338. The molecule has 13 heavy (non-hydrogen) atoms. The molecule has 0 saturated carbocycles. The molecule has 1 rings (SSSR count). The van der Waals surface area contributed by atoms with Crippen LogP contribution < -0.4 is 0 Å².